The van der Waals surface area contributed by atoms with Gasteiger partial charge in [0.1, 0.15) is 0 Å². The predicted octanol–water partition coefficient (Wildman–Crippen LogP) is 7.09. The molecule has 38 heavy (non-hydrogen) atoms. The number of anilines is 1. The van der Waals surface area contributed by atoms with Crippen LogP contribution in [0.5, 0.6) is 11.5 Å². The topological polar surface area (TPSA) is 47.6 Å². The summed E-state index contributed by atoms with van der Waals surface area (Å²) in [5.74, 6) is 0.861. The van der Waals surface area contributed by atoms with Crippen molar-refractivity contribution in [2.24, 2.45) is 5.92 Å². The van der Waals surface area contributed by atoms with Crippen LogP contribution in [0.2, 0.25) is 0 Å². The van der Waals surface area contributed by atoms with Crippen molar-refractivity contribution in [2.45, 2.75) is 18.2 Å². The molecule has 1 aliphatic rings. The molecule has 1 N–H and O–H groups in total. The van der Waals surface area contributed by atoms with E-state index in [1.54, 1.807) is 0 Å². The third kappa shape index (κ3) is 4.64. The Morgan fingerprint density at radius 3 is 1.74 bits per heavy atom. The predicted molar refractivity (Wildman–Crippen MR) is 155 cm³/mol. The molecule has 1 heterocycles. The number of hydrogen-bond acceptors (Lipinski definition) is 3. The molecule has 0 saturated carbocycles. The van der Waals surface area contributed by atoms with Crippen LogP contribution < -0.4 is 14.8 Å². The van der Waals surface area contributed by atoms with Crippen LogP contribution >= 0.6 is 0 Å². The fourth-order valence-electron chi connectivity index (χ4n) is 5.04. The molecule has 6 rings (SSSR count). The molecule has 1 radical (unpaired) electrons. The molecule has 0 bridgehead atoms. The zero-order valence-corrected chi connectivity index (χ0v) is 23.1. The summed E-state index contributed by atoms with van der Waals surface area (Å²) in [6, 6.07) is 32.7. The minimum absolute atomic E-state index is 0.0723. The van der Waals surface area contributed by atoms with Gasteiger partial charge in [-0.1, -0.05) is 60.7 Å². The minimum atomic E-state index is -0.498. The van der Waals surface area contributed by atoms with Gasteiger partial charge in [-0.2, -0.15) is 0 Å². The first-order valence-corrected chi connectivity index (χ1v) is 13.7. The fraction of sp³-hybridized carbons (Fsp3) is 0.182. The van der Waals surface area contributed by atoms with Gasteiger partial charge in [-0.3, -0.25) is 0 Å². The second-order valence-corrected chi connectivity index (χ2v) is 12.4. The Labute approximate surface area is 230 Å². The molecule has 5 aromatic carbocycles. The van der Waals surface area contributed by atoms with E-state index in [0.717, 1.165) is 55.4 Å². The average Bonchev–Trinajstić information content (AvgIpc) is 3.00. The van der Waals surface area contributed by atoms with E-state index in [2.05, 4.69) is 71.6 Å². The van der Waals surface area contributed by atoms with Gasteiger partial charge in [0.2, 0.25) is 0 Å². The molecule has 0 fully saturated rings. The molecule has 0 spiro atoms. The summed E-state index contributed by atoms with van der Waals surface area (Å²) in [6.45, 7) is 4.65. The van der Waals surface area contributed by atoms with Crippen molar-refractivity contribution in [1.29, 1.82) is 0 Å². The fourth-order valence-corrected chi connectivity index (χ4v) is 5.32. The molecule has 0 aromatic heterocycles. The van der Waals surface area contributed by atoms with Crippen LogP contribution in [-0.4, -0.2) is 35.1 Å². The summed E-state index contributed by atoms with van der Waals surface area (Å²) in [6.07, 6.45) is 0. The Morgan fingerprint density at radius 2 is 1.24 bits per heavy atom. The Hall–Kier alpha value is -3.79. The SMILES string of the molecule is CC(C)([Se])c1ccc(NC(=O)C2COc3ccc4ccccc4c3-c3c(ccc4ccccc34)OC2)cc1. The summed E-state index contributed by atoms with van der Waals surface area (Å²) < 4.78 is 12.8. The van der Waals surface area contributed by atoms with Gasteiger partial charge >= 0.3 is 149 Å². The Balaban J connectivity index is 1.39. The first-order valence-electron chi connectivity index (χ1n) is 12.8. The number of carbonyl (C=O) groups is 1. The first-order chi connectivity index (χ1) is 18.4. The van der Waals surface area contributed by atoms with Crippen molar-refractivity contribution in [2.75, 3.05) is 18.5 Å². The number of nitrogens with one attached hydrogen (secondary N) is 1. The van der Waals surface area contributed by atoms with E-state index in [1.165, 1.54) is 0 Å². The van der Waals surface area contributed by atoms with E-state index in [4.69, 9.17) is 9.47 Å². The van der Waals surface area contributed by atoms with Gasteiger partial charge < -0.3 is 0 Å². The number of hydrogen-bond donors (Lipinski definition) is 1. The van der Waals surface area contributed by atoms with Gasteiger partial charge in [0.15, 0.2) is 0 Å². The molecular weight excluding hydrogens is 537 g/mol. The van der Waals surface area contributed by atoms with Gasteiger partial charge in [0, 0.05) is 0 Å². The second-order valence-electron chi connectivity index (χ2n) is 10.2. The van der Waals surface area contributed by atoms with Crippen molar-refractivity contribution in [3.8, 4) is 22.6 Å². The standard InChI is InChI=1S/C33H28NO3Se/c1-33(2,38)24-13-15-25(16-14-24)34-32(35)23-19-36-28-17-11-21-7-3-5-9-26(21)30(28)31-27-10-6-4-8-22(27)12-18-29(31)37-20-23/h3-18,23H,19-20H2,1-2H3,(H,34,35). The monoisotopic (exact) mass is 566 g/mol. The maximum atomic E-state index is 13.4. The van der Waals surface area contributed by atoms with Crippen LogP contribution in [0.15, 0.2) is 97.1 Å². The quantitative estimate of drug-likeness (QED) is 0.238. The molecular formula is C33H28NO3Se. The summed E-state index contributed by atoms with van der Waals surface area (Å²) in [5.41, 5.74) is 3.90. The number of carbonyl (C=O) groups excluding carboxylic acids is 1. The van der Waals surface area contributed by atoms with Gasteiger partial charge in [0.25, 0.3) is 0 Å². The van der Waals surface area contributed by atoms with Crippen LogP contribution in [0.1, 0.15) is 19.4 Å². The number of fused-ring (bicyclic) bond motifs is 7. The second kappa shape index (κ2) is 9.83. The van der Waals surface area contributed by atoms with Gasteiger partial charge in [-0.05, 0) is 21.5 Å². The van der Waals surface area contributed by atoms with Crippen molar-refractivity contribution >= 4 is 49.2 Å². The average molecular weight is 566 g/mol. The van der Waals surface area contributed by atoms with Gasteiger partial charge in [-0.15, -0.1) is 0 Å². The number of rotatable bonds is 3. The molecule has 4 nitrogen and oxygen atoms in total. The van der Waals surface area contributed by atoms with E-state index in [0.29, 0.717) is 0 Å². The molecule has 5 aromatic rings. The zero-order valence-electron chi connectivity index (χ0n) is 21.4. The van der Waals surface area contributed by atoms with Crippen molar-refractivity contribution < 1.29 is 14.3 Å². The number of amides is 1. The molecule has 0 unspecified atom stereocenters. The Morgan fingerprint density at radius 1 is 0.737 bits per heavy atom. The summed E-state index contributed by atoms with van der Waals surface area (Å²) in [4.78, 5) is 13.4. The molecule has 1 aliphatic heterocycles. The summed E-state index contributed by atoms with van der Waals surface area (Å²) >= 11 is 3.18. The molecule has 0 atom stereocenters. The van der Waals surface area contributed by atoms with Crippen LogP contribution in [0.3, 0.4) is 0 Å². The van der Waals surface area contributed by atoms with Crippen LogP contribution in [0.25, 0.3) is 32.7 Å². The number of benzene rings is 5. The molecule has 1 amide bonds. The Kier molecular flexibility index (Phi) is 6.35. The summed E-state index contributed by atoms with van der Waals surface area (Å²) in [7, 11) is 0. The van der Waals surface area contributed by atoms with Crippen LogP contribution in [0, 0.1) is 5.92 Å². The normalized spacial score (nSPS) is 13.9. The third-order valence-corrected chi connectivity index (χ3v) is 7.62. The van der Waals surface area contributed by atoms with Gasteiger partial charge in [-0.25, -0.2) is 0 Å². The van der Waals surface area contributed by atoms with Crippen molar-refractivity contribution in [3.05, 3.63) is 103 Å². The van der Waals surface area contributed by atoms with Gasteiger partial charge in [0.05, 0.1) is 0 Å². The van der Waals surface area contributed by atoms with Crippen LogP contribution in [0.4, 0.5) is 5.69 Å². The maximum absolute atomic E-state index is 13.4. The van der Waals surface area contributed by atoms with E-state index < -0.39 is 5.92 Å². The third-order valence-electron chi connectivity index (χ3n) is 7.13. The molecule has 0 saturated heterocycles. The molecule has 189 valence electrons. The number of ether oxygens (including phenoxy) is 2. The zero-order chi connectivity index (χ0) is 26.3. The summed E-state index contributed by atoms with van der Waals surface area (Å²) in [5, 5.41) is 7.48. The van der Waals surface area contributed by atoms with E-state index in [-0.39, 0.29) is 23.4 Å². The Bertz CT molecular complexity index is 1560. The first kappa shape index (κ1) is 24.5. The van der Waals surface area contributed by atoms with Crippen molar-refractivity contribution in [1.82, 2.24) is 0 Å². The van der Waals surface area contributed by atoms with E-state index in [1.807, 2.05) is 60.7 Å². The van der Waals surface area contributed by atoms with E-state index >= 15 is 0 Å². The molecule has 0 aliphatic carbocycles. The van der Waals surface area contributed by atoms with Crippen LogP contribution in [-0.2, 0) is 9.11 Å². The van der Waals surface area contributed by atoms with E-state index in [9.17, 15) is 4.79 Å². The molecule has 5 heteroatoms. The van der Waals surface area contributed by atoms with Crippen molar-refractivity contribution in [3.63, 3.8) is 0 Å².